The van der Waals surface area contributed by atoms with E-state index in [0.29, 0.717) is 12.0 Å². The summed E-state index contributed by atoms with van der Waals surface area (Å²) in [4.78, 5) is 11.1. The van der Waals surface area contributed by atoms with Gasteiger partial charge in [-0.15, -0.1) is 0 Å². The summed E-state index contributed by atoms with van der Waals surface area (Å²) in [6.07, 6.45) is 1.98. The summed E-state index contributed by atoms with van der Waals surface area (Å²) in [6.45, 7) is -0.0986. The molecule has 0 saturated carbocycles. The van der Waals surface area contributed by atoms with E-state index in [1.807, 2.05) is 0 Å². The van der Waals surface area contributed by atoms with E-state index in [2.05, 4.69) is 5.10 Å². The van der Waals surface area contributed by atoms with Crippen molar-refractivity contribution in [1.29, 1.82) is 0 Å². The Morgan fingerprint density at radius 2 is 2.10 bits per heavy atom. The fraction of sp³-hybridized carbons (Fsp3) is 0.231. The highest BCUT2D eigenvalue weighted by atomic mass is 19.1. The SMILES string of the molecule is O=C(O)c1nn(-c2cc(F)ccc2F)cc1CCCO. The highest BCUT2D eigenvalue weighted by Gasteiger charge is 2.17. The summed E-state index contributed by atoms with van der Waals surface area (Å²) in [5.41, 5.74) is -0.0416. The zero-order chi connectivity index (χ0) is 14.7. The number of aryl methyl sites for hydroxylation is 1. The molecule has 0 spiro atoms. The van der Waals surface area contributed by atoms with Gasteiger partial charge >= 0.3 is 5.97 Å². The third-order valence-corrected chi connectivity index (χ3v) is 2.75. The zero-order valence-electron chi connectivity index (χ0n) is 10.4. The molecular formula is C13H12F2N2O3. The highest BCUT2D eigenvalue weighted by Crippen LogP contribution is 2.18. The number of rotatable bonds is 5. The minimum atomic E-state index is -1.26. The number of aromatic carboxylic acids is 1. The number of aromatic nitrogens is 2. The lowest BCUT2D eigenvalue weighted by Gasteiger charge is -2.02. The van der Waals surface area contributed by atoms with E-state index >= 15 is 0 Å². The fourth-order valence-corrected chi connectivity index (χ4v) is 1.83. The van der Waals surface area contributed by atoms with Crippen LogP contribution in [-0.2, 0) is 6.42 Å². The van der Waals surface area contributed by atoms with Crippen molar-refractivity contribution in [2.75, 3.05) is 6.61 Å². The monoisotopic (exact) mass is 282 g/mol. The van der Waals surface area contributed by atoms with Gasteiger partial charge in [0.25, 0.3) is 0 Å². The third-order valence-electron chi connectivity index (χ3n) is 2.75. The molecule has 0 atom stereocenters. The molecule has 0 aliphatic heterocycles. The predicted octanol–water partition coefficient (Wildman–Crippen LogP) is 1.77. The largest absolute Gasteiger partial charge is 0.476 e. The molecule has 0 amide bonds. The van der Waals surface area contributed by atoms with Crippen LogP contribution in [0.2, 0.25) is 0 Å². The number of carboxylic acid groups (broad SMARTS) is 1. The summed E-state index contributed by atoms with van der Waals surface area (Å²) in [5.74, 6) is -2.61. The van der Waals surface area contributed by atoms with Crippen molar-refractivity contribution in [2.45, 2.75) is 12.8 Å². The normalized spacial score (nSPS) is 10.8. The number of halogens is 2. The Hall–Kier alpha value is -2.28. The van der Waals surface area contributed by atoms with Gasteiger partial charge in [0.2, 0.25) is 0 Å². The second kappa shape index (κ2) is 5.79. The number of hydrogen-bond donors (Lipinski definition) is 2. The van der Waals surface area contributed by atoms with Crippen LogP contribution in [0.15, 0.2) is 24.4 Å². The molecule has 0 bridgehead atoms. The first kappa shape index (κ1) is 14.1. The lowest BCUT2D eigenvalue weighted by Crippen LogP contribution is -2.04. The van der Waals surface area contributed by atoms with Crippen molar-refractivity contribution in [1.82, 2.24) is 9.78 Å². The molecule has 7 heteroatoms. The molecule has 1 aromatic heterocycles. The van der Waals surface area contributed by atoms with Crippen LogP contribution in [0.3, 0.4) is 0 Å². The maximum atomic E-state index is 13.6. The van der Waals surface area contributed by atoms with E-state index in [1.165, 1.54) is 6.20 Å². The maximum absolute atomic E-state index is 13.6. The third kappa shape index (κ3) is 2.83. The lowest BCUT2D eigenvalue weighted by molar-refractivity contribution is 0.0688. The van der Waals surface area contributed by atoms with Gasteiger partial charge in [-0.25, -0.2) is 18.3 Å². The maximum Gasteiger partial charge on any atom is 0.356 e. The van der Waals surface area contributed by atoms with E-state index in [0.717, 1.165) is 22.9 Å². The second-order valence-corrected chi connectivity index (χ2v) is 4.18. The standard InChI is InChI=1S/C13H12F2N2O3/c14-9-3-4-10(15)11(6-9)17-7-8(2-1-5-18)12(16-17)13(19)20/h3-4,6-7,18H,1-2,5H2,(H,19,20). The van der Waals surface area contributed by atoms with Gasteiger partial charge in [0.1, 0.15) is 17.3 Å². The summed E-state index contributed by atoms with van der Waals surface area (Å²) < 4.78 is 27.8. The van der Waals surface area contributed by atoms with Crippen LogP contribution >= 0.6 is 0 Å². The van der Waals surface area contributed by atoms with E-state index in [-0.39, 0.29) is 24.4 Å². The number of aliphatic hydroxyl groups is 1. The van der Waals surface area contributed by atoms with Crippen LogP contribution in [0.5, 0.6) is 0 Å². The van der Waals surface area contributed by atoms with Crippen molar-refractivity contribution in [3.05, 3.63) is 47.3 Å². The summed E-state index contributed by atoms with van der Waals surface area (Å²) in [5, 5.41) is 21.6. The summed E-state index contributed by atoms with van der Waals surface area (Å²) in [7, 11) is 0. The first-order valence-electron chi connectivity index (χ1n) is 5.91. The molecule has 0 aliphatic carbocycles. The lowest BCUT2D eigenvalue weighted by atomic mass is 10.1. The Morgan fingerprint density at radius 3 is 2.75 bits per heavy atom. The van der Waals surface area contributed by atoms with Crippen LogP contribution in [0.1, 0.15) is 22.5 Å². The van der Waals surface area contributed by atoms with Crippen LogP contribution in [0.4, 0.5) is 8.78 Å². The van der Waals surface area contributed by atoms with Crippen molar-refractivity contribution in [3.8, 4) is 5.69 Å². The van der Waals surface area contributed by atoms with Gasteiger partial charge in [-0.2, -0.15) is 5.10 Å². The molecule has 0 aliphatic rings. The number of carbonyl (C=O) groups is 1. The molecule has 20 heavy (non-hydrogen) atoms. The molecule has 2 rings (SSSR count). The number of carboxylic acids is 1. The quantitative estimate of drug-likeness (QED) is 0.876. The van der Waals surface area contributed by atoms with Gasteiger partial charge in [-0.1, -0.05) is 0 Å². The smallest absolute Gasteiger partial charge is 0.356 e. The topological polar surface area (TPSA) is 75.3 Å². The van der Waals surface area contributed by atoms with Crippen LogP contribution in [0.25, 0.3) is 5.69 Å². The first-order valence-corrected chi connectivity index (χ1v) is 5.91. The molecule has 1 aromatic carbocycles. The Kier molecular flexibility index (Phi) is 4.09. The molecule has 1 heterocycles. The molecule has 2 N–H and O–H groups in total. The van der Waals surface area contributed by atoms with Gasteiger partial charge in [0, 0.05) is 24.4 Å². The van der Waals surface area contributed by atoms with Crippen LogP contribution < -0.4 is 0 Å². The Morgan fingerprint density at radius 1 is 1.35 bits per heavy atom. The summed E-state index contributed by atoms with van der Waals surface area (Å²) >= 11 is 0. The molecule has 0 fully saturated rings. The van der Waals surface area contributed by atoms with Crippen molar-refractivity contribution >= 4 is 5.97 Å². The van der Waals surface area contributed by atoms with Gasteiger partial charge in [0.05, 0.1) is 0 Å². The molecule has 0 unspecified atom stereocenters. The molecule has 0 radical (unpaired) electrons. The second-order valence-electron chi connectivity index (χ2n) is 4.18. The van der Waals surface area contributed by atoms with Gasteiger partial charge < -0.3 is 10.2 Å². The Labute approximate surface area is 113 Å². The number of hydrogen-bond acceptors (Lipinski definition) is 3. The molecular weight excluding hydrogens is 270 g/mol. The average Bonchev–Trinajstić information content (AvgIpc) is 2.83. The van der Waals surface area contributed by atoms with E-state index in [9.17, 15) is 13.6 Å². The Bertz CT molecular complexity index is 641. The summed E-state index contributed by atoms with van der Waals surface area (Å²) in [6, 6.07) is 2.84. The average molecular weight is 282 g/mol. The number of aliphatic hydroxyl groups excluding tert-OH is 1. The van der Waals surface area contributed by atoms with Gasteiger partial charge in [0.15, 0.2) is 5.69 Å². The minimum Gasteiger partial charge on any atom is -0.476 e. The molecule has 106 valence electrons. The van der Waals surface area contributed by atoms with Crippen LogP contribution in [-0.4, -0.2) is 32.6 Å². The zero-order valence-corrected chi connectivity index (χ0v) is 10.4. The van der Waals surface area contributed by atoms with E-state index in [1.54, 1.807) is 0 Å². The van der Waals surface area contributed by atoms with E-state index in [4.69, 9.17) is 10.2 Å². The molecule has 0 saturated heterocycles. The van der Waals surface area contributed by atoms with Gasteiger partial charge in [-0.05, 0) is 25.0 Å². The van der Waals surface area contributed by atoms with Crippen LogP contribution in [0, 0.1) is 11.6 Å². The number of benzene rings is 1. The van der Waals surface area contributed by atoms with Crippen molar-refractivity contribution in [2.24, 2.45) is 0 Å². The minimum absolute atomic E-state index is 0.0986. The van der Waals surface area contributed by atoms with Crippen molar-refractivity contribution < 1.29 is 23.8 Å². The molecule has 2 aromatic rings. The highest BCUT2D eigenvalue weighted by molar-refractivity contribution is 5.87. The van der Waals surface area contributed by atoms with Crippen molar-refractivity contribution in [3.63, 3.8) is 0 Å². The van der Waals surface area contributed by atoms with E-state index < -0.39 is 17.6 Å². The molecule has 5 nitrogen and oxygen atoms in total. The number of nitrogens with zero attached hydrogens (tertiary/aromatic N) is 2. The first-order chi connectivity index (χ1) is 9.52. The predicted molar refractivity (Wildman–Crippen MR) is 65.8 cm³/mol. The van der Waals surface area contributed by atoms with Gasteiger partial charge in [-0.3, -0.25) is 0 Å². The fourth-order valence-electron chi connectivity index (χ4n) is 1.83. The Balaban J connectivity index is 2.47.